The first-order chi connectivity index (χ1) is 29.3. The van der Waals surface area contributed by atoms with Crippen LogP contribution in [0.1, 0.15) is 148 Å². The van der Waals surface area contributed by atoms with E-state index in [4.69, 9.17) is 9.72 Å². The van der Waals surface area contributed by atoms with Crippen molar-refractivity contribution < 1.29 is 4.74 Å². The fourth-order valence-electron chi connectivity index (χ4n) is 9.33. The number of allylic oxidation sites excluding steroid dienone is 1. The zero-order valence-corrected chi connectivity index (χ0v) is 40.7. The number of rotatable bonds is 6. The molecule has 326 valence electrons. The molecular formula is C59H69N3O. The molecule has 4 nitrogen and oxygen atoms in total. The molecule has 4 heteroatoms. The molecule has 0 radical (unpaired) electrons. The molecule has 0 spiro atoms. The number of fused-ring (bicyclic) bond motifs is 3. The van der Waals surface area contributed by atoms with Crippen LogP contribution < -0.4 is 14.5 Å². The lowest BCUT2D eigenvalue weighted by Gasteiger charge is -2.34. The molecule has 0 saturated heterocycles. The summed E-state index contributed by atoms with van der Waals surface area (Å²) in [6.07, 6.45) is 4.29. The first kappa shape index (κ1) is 44.0. The van der Waals surface area contributed by atoms with Gasteiger partial charge in [0, 0.05) is 40.9 Å². The van der Waals surface area contributed by atoms with E-state index in [1.165, 1.54) is 55.9 Å². The molecule has 1 aromatic heterocycles. The molecule has 0 amide bonds. The Bertz CT molecular complexity index is 2610. The summed E-state index contributed by atoms with van der Waals surface area (Å²) in [5.41, 5.74) is 15.3. The fourth-order valence-corrected chi connectivity index (χ4v) is 9.33. The minimum Gasteiger partial charge on any atom is -0.457 e. The number of hydrogen-bond donors (Lipinski definition) is 0. The van der Waals surface area contributed by atoms with Crippen LogP contribution in [0.5, 0.6) is 11.5 Å². The van der Waals surface area contributed by atoms with Gasteiger partial charge < -0.3 is 14.5 Å². The predicted octanol–water partition coefficient (Wildman–Crippen LogP) is 15.6. The van der Waals surface area contributed by atoms with Crippen molar-refractivity contribution in [3.8, 4) is 22.6 Å². The Morgan fingerprint density at radius 3 is 1.52 bits per heavy atom. The lowest BCUT2D eigenvalue weighted by molar-refractivity contribution is 0.479. The summed E-state index contributed by atoms with van der Waals surface area (Å²) >= 11 is 0. The molecule has 0 N–H and O–H groups in total. The van der Waals surface area contributed by atoms with Crippen molar-refractivity contribution in [2.75, 3.05) is 16.5 Å². The van der Waals surface area contributed by atoms with Gasteiger partial charge >= 0.3 is 0 Å². The summed E-state index contributed by atoms with van der Waals surface area (Å²) in [6, 6.07) is 45.1. The van der Waals surface area contributed by atoms with E-state index in [-0.39, 0.29) is 27.1 Å². The van der Waals surface area contributed by atoms with Gasteiger partial charge in [-0.25, -0.2) is 0 Å². The van der Waals surface area contributed by atoms with E-state index in [0.29, 0.717) is 6.67 Å². The van der Waals surface area contributed by atoms with Crippen molar-refractivity contribution in [3.63, 3.8) is 0 Å². The van der Waals surface area contributed by atoms with Crippen LogP contribution in [0.25, 0.3) is 11.1 Å². The number of aromatic nitrogens is 1. The maximum absolute atomic E-state index is 6.95. The molecule has 8 rings (SSSR count). The van der Waals surface area contributed by atoms with Gasteiger partial charge in [-0.3, -0.25) is 4.98 Å². The van der Waals surface area contributed by atoms with Crippen LogP contribution >= 0.6 is 0 Å². The zero-order valence-electron chi connectivity index (χ0n) is 40.7. The van der Waals surface area contributed by atoms with Crippen LogP contribution in [0, 0.1) is 5.41 Å². The van der Waals surface area contributed by atoms with E-state index >= 15 is 0 Å². The summed E-state index contributed by atoms with van der Waals surface area (Å²) in [4.78, 5) is 10.1. The predicted molar refractivity (Wildman–Crippen MR) is 267 cm³/mol. The number of hydrogen-bond acceptors (Lipinski definition) is 4. The van der Waals surface area contributed by atoms with Gasteiger partial charge in [-0.05, 0) is 120 Å². The highest BCUT2D eigenvalue weighted by Crippen LogP contribution is 2.57. The van der Waals surface area contributed by atoms with E-state index in [2.05, 4.69) is 235 Å². The Balaban J connectivity index is 1.21. The van der Waals surface area contributed by atoms with Gasteiger partial charge in [0.2, 0.25) is 0 Å². The average Bonchev–Trinajstić information content (AvgIpc) is 3.79. The van der Waals surface area contributed by atoms with Crippen molar-refractivity contribution >= 4 is 11.4 Å². The number of anilines is 2. The fraction of sp³-hybridized carbons (Fsp3) is 0.373. The van der Waals surface area contributed by atoms with E-state index in [1.807, 2.05) is 12.3 Å². The van der Waals surface area contributed by atoms with Crippen LogP contribution in [0.2, 0.25) is 0 Å². The van der Waals surface area contributed by atoms with Crippen molar-refractivity contribution in [2.24, 2.45) is 5.41 Å². The SMILES string of the molecule is CC(C)(C)C1=CN(c2cc(C(C)(C)C)cc(C(C)(C)C)c2)CN1c1cccc(Oc2cccc(C3(c4ccccn4)c4cc(C(C)(C)C)ccc4-c4ccc(C(C)(C)C)cc43)c2)c1. The molecule has 6 aromatic rings. The number of nitrogens with zero attached hydrogens (tertiary/aromatic N) is 3. The molecule has 2 heterocycles. The lowest BCUT2D eigenvalue weighted by atomic mass is 9.68. The summed E-state index contributed by atoms with van der Waals surface area (Å²) in [5.74, 6) is 1.59. The molecule has 0 bridgehead atoms. The van der Waals surface area contributed by atoms with Gasteiger partial charge in [0.25, 0.3) is 0 Å². The maximum Gasteiger partial charge on any atom is 0.129 e. The molecule has 1 aliphatic carbocycles. The lowest BCUT2D eigenvalue weighted by Crippen LogP contribution is -2.31. The van der Waals surface area contributed by atoms with E-state index in [9.17, 15) is 0 Å². The van der Waals surface area contributed by atoms with E-state index < -0.39 is 5.41 Å². The van der Waals surface area contributed by atoms with Gasteiger partial charge in [-0.15, -0.1) is 0 Å². The van der Waals surface area contributed by atoms with Gasteiger partial charge in [0.05, 0.1) is 17.8 Å². The second-order valence-electron chi connectivity index (χ2n) is 23.2. The molecule has 0 saturated carbocycles. The van der Waals surface area contributed by atoms with Crippen LogP contribution in [0.15, 0.2) is 139 Å². The molecule has 0 atom stereocenters. The summed E-state index contributed by atoms with van der Waals surface area (Å²) in [7, 11) is 0. The third-order valence-electron chi connectivity index (χ3n) is 13.2. The van der Waals surface area contributed by atoms with Crippen molar-refractivity contribution in [2.45, 2.75) is 131 Å². The second kappa shape index (κ2) is 15.3. The smallest absolute Gasteiger partial charge is 0.129 e. The first-order valence-corrected chi connectivity index (χ1v) is 22.9. The topological polar surface area (TPSA) is 28.6 Å². The van der Waals surface area contributed by atoms with Crippen LogP contribution in [-0.2, 0) is 27.1 Å². The largest absolute Gasteiger partial charge is 0.457 e. The number of benzene rings is 5. The minimum atomic E-state index is -0.668. The molecule has 1 aliphatic heterocycles. The van der Waals surface area contributed by atoms with Crippen molar-refractivity contribution in [3.05, 3.63) is 184 Å². The third-order valence-corrected chi connectivity index (χ3v) is 13.2. The van der Waals surface area contributed by atoms with Gasteiger partial charge in [0.15, 0.2) is 0 Å². The maximum atomic E-state index is 6.95. The summed E-state index contributed by atoms with van der Waals surface area (Å²) in [6.45, 7) is 35.3. The first-order valence-electron chi connectivity index (χ1n) is 22.9. The van der Waals surface area contributed by atoms with Gasteiger partial charge in [0.1, 0.15) is 11.5 Å². The van der Waals surface area contributed by atoms with Crippen LogP contribution in [0.4, 0.5) is 11.4 Å². The second-order valence-corrected chi connectivity index (χ2v) is 23.2. The monoisotopic (exact) mass is 836 g/mol. The van der Waals surface area contributed by atoms with Crippen LogP contribution in [-0.4, -0.2) is 11.7 Å². The Kier molecular flexibility index (Phi) is 10.7. The van der Waals surface area contributed by atoms with Gasteiger partial charge in [-0.2, -0.15) is 0 Å². The molecule has 0 unspecified atom stereocenters. The molecule has 5 aromatic carbocycles. The third kappa shape index (κ3) is 8.23. The van der Waals surface area contributed by atoms with Crippen molar-refractivity contribution in [1.29, 1.82) is 0 Å². The Labute approximate surface area is 379 Å². The summed E-state index contributed by atoms with van der Waals surface area (Å²) in [5, 5.41) is 0. The zero-order chi connectivity index (χ0) is 45.5. The highest BCUT2D eigenvalue weighted by molar-refractivity contribution is 5.87. The highest BCUT2D eigenvalue weighted by Gasteiger charge is 2.48. The Hall–Kier alpha value is -5.61. The molecule has 63 heavy (non-hydrogen) atoms. The Morgan fingerprint density at radius 1 is 0.476 bits per heavy atom. The highest BCUT2D eigenvalue weighted by atomic mass is 16.5. The summed E-state index contributed by atoms with van der Waals surface area (Å²) < 4.78 is 6.95. The van der Waals surface area contributed by atoms with E-state index in [0.717, 1.165) is 28.4 Å². The number of ether oxygens (including phenoxy) is 1. The quantitative estimate of drug-likeness (QED) is 0.167. The molecule has 2 aliphatic rings. The number of pyridine rings is 1. The minimum absolute atomic E-state index is 0.0293. The average molecular weight is 836 g/mol. The van der Waals surface area contributed by atoms with Crippen LogP contribution in [0.3, 0.4) is 0 Å². The van der Waals surface area contributed by atoms with Crippen molar-refractivity contribution in [1.82, 2.24) is 4.98 Å². The van der Waals surface area contributed by atoms with E-state index in [1.54, 1.807) is 0 Å². The molecule has 0 fully saturated rings. The van der Waals surface area contributed by atoms with Gasteiger partial charge in [-0.1, -0.05) is 171 Å². The standard InChI is InChI=1S/C59H69N3O/c1-54(2,3)39-25-27-48-49-28-26-40(55(4,5)6)35-51(49)59(50(48)34-39,52-24-16-17-29-60-52)41-20-18-22-46(33-41)63-47-23-19-21-44(36-47)62-38-61(37-53(62)58(13,14)15)45-31-42(56(7,8)9)30-43(32-45)57(10,11)12/h16-37H,38H2,1-15H3. The molecular weight excluding hydrogens is 767 g/mol. The normalized spacial score (nSPS) is 15.3. The Morgan fingerprint density at radius 2 is 1.02 bits per heavy atom.